The van der Waals surface area contributed by atoms with Crippen molar-refractivity contribution in [3.63, 3.8) is 0 Å². The van der Waals surface area contributed by atoms with Crippen molar-refractivity contribution in [3.8, 4) is 5.75 Å². The second-order valence-corrected chi connectivity index (χ2v) is 6.56. The van der Waals surface area contributed by atoms with Crippen LogP contribution < -0.4 is 9.57 Å². The van der Waals surface area contributed by atoms with Gasteiger partial charge in [0, 0.05) is 10.8 Å². The number of nitrogens with zero attached hydrogens (tertiary/aromatic N) is 1. The normalized spacial score (nSPS) is 11.0. The molecule has 1 aromatic heterocycles. The SMILES string of the molecule is CCCCCCCCCCCCO[n+]1cccc2cccc(O)c21. The first kappa shape index (κ1) is 18.6. The highest BCUT2D eigenvalue weighted by Gasteiger charge is 2.14. The molecule has 0 unspecified atom stereocenters. The Hall–Kier alpha value is -1.77. The Balaban J connectivity index is 1.60. The van der Waals surface area contributed by atoms with Crippen LogP contribution in [-0.4, -0.2) is 11.7 Å². The first-order valence-corrected chi connectivity index (χ1v) is 9.58. The third kappa shape index (κ3) is 6.03. The van der Waals surface area contributed by atoms with Gasteiger partial charge in [-0.25, -0.2) is 0 Å². The van der Waals surface area contributed by atoms with Gasteiger partial charge in [0.2, 0.25) is 6.20 Å². The molecule has 2 aromatic rings. The summed E-state index contributed by atoms with van der Waals surface area (Å²) < 4.78 is 1.69. The number of fused-ring (bicyclic) bond motifs is 1. The van der Waals surface area contributed by atoms with Crippen LogP contribution in [0, 0.1) is 0 Å². The van der Waals surface area contributed by atoms with Gasteiger partial charge in [-0.05, 0) is 31.0 Å². The Bertz CT molecular complexity index is 592. The number of hydrogen-bond acceptors (Lipinski definition) is 2. The number of aromatic nitrogens is 1. The minimum Gasteiger partial charge on any atom is -0.502 e. The van der Waals surface area contributed by atoms with Crippen molar-refractivity contribution in [2.45, 2.75) is 71.1 Å². The lowest BCUT2D eigenvalue weighted by atomic mass is 10.1. The smallest absolute Gasteiger partial charge is 0.305 e. The molecule has 0 aliphatic carbocycles. The zero-order valence-corrected chi connectivity index (χ0v) is 15.0. The quantitative estimate of drug-likeness (QED) is 0.429. The molecular weight excluding hydrogens is 298 g/mol. The Morgan fingerprint density at radius 1 is 0.833 bits per heavy atom. The minimum atomic E-state index is 0.260. The lowest BCUT2D eigenvalue weighted by Gasteiger charge is -2.03. The zero-order valence-electron chi connectivity index (χ0n) is 15.0. The number of phenols is 1. The molecule has 0 saturated heterocycles. The van der Waals surface area contributed by atoms with E-state index >= 15 is 0 Å². The van der Waals surface area contributed by atoms with E-state index in [9.17, 15) is 5.11 Å². The number of pyridine rings is 1. The molecule has 0 bridgehead atoms. The summed E-state index contributed by atoms with van der Waals surface area (Å²) in [5.74, 6) is 0.260. The van der Waals surface area contributed by atoms with E-state index in [4.69, 9.17) is 4.84 Å². The summed E-state index contributed by atoms with van der Waals surface area (Å²) in [6.07, 6.45) is 15.1. The number of rotatable bonds is 12. The van der Waals surface area contributed by atoms with Crippen LogP contribution in [0.2, 0.25) is 0 Å². The van der Waals surface area contributed by atoms with E-state index in [0.29, 0.717) is 6.61 Å². The van der Waals surface area contributed by atoms with E-state index in [0.717, 1.165) is 17.3 Å². The molecule has 3 nitrogen and oxygen atoms in total. The maximum Gasteiger partial charge on any atom is 0.305 e. The van der Waals surface area contributed by atoms with Gasteiger partial charge >= 0.3 is 5.52 Å². The van der Waals surface area contributed by atoms with Crippen LogP contribution in [0.15, 0.2) is 36.5 Å². The van der Waals surface area contributed by atoms with Crippen LogP contribution in [0.25, 0.3) is 10.9 Å². The summed E-state index contributed by atoms with van der Waals surface area (Å²) in [7, 11) is 0. The average Bonchev–Trinajstić information content (AvgIpc) is 2.60. The van der Waals surface area contributed by atoms with Crippen LogP contribution in [0.4, 0.5) is 0 Å². The summed E-state index contributed by atoms with van der Waals surface area (Å²) in [4.78, 5) is 5.83. The summed E-state index contributed by atoms with van der Waals surface area (Å²) in [5, 5.41) is 11.0. The van der Waals surface area contributed by atoms with Gasteiger partial charge in [-0.2, -0.15) is 0 Å². The monoisotopic (exact) mass is 330 g/mol. The Morgan fingerprint density at radius 2 is 1.46 bits per heavy atom. The third-order valence-corrected chi connectivity index (χ3v) is 4.49. The minimum absolute atomic E-state index is 0.260. The first-order chi connectivity index (χ1) is 11.8. The molecule has 1 N–H and O–H groups in total. The van der Waals surface area contributed by atoms with Gasteiger partial charge in [-0.3, -0.25) is 4.84 Å². The molecule has 0 amide bonds. The maximum atomic E-state index is 10.0. The average molecular weight is 330 g/mol. The van der Waals surface area contributed by atoms with Gasteiger partial charge in [0.1, 0.15) is 0 Å². The molecule has 2 rings (SSSR count). The predicted octanol–water partition coefficient (Wildman–Crippen LogP) is 5.18. The van der Waals surface area contributed by atoms with Crippen LogP contribution in [-0.2, 0) is 0 Å². The van der Waals surface area contributed by atoms with E-state index in [-0.39, 0.29) is 5.75 Å². The number of aromatic hydroxyl groups is 1. The molecule has 0 fully saturated rings. The van der Waals surface area contributed by atoms with Crippen molar-refractivity contribution >= 4 is 10.9 Å². The van der Waals surface area contributed by atoms with E-state index in [1.54, 1.807) is 10.8 Å². The van der Waals surface area contributed by atoms with Crippen LogP contribution in [0.3, 0.4) is 0 Å². The largest absolute Gasteiger partial charge is 0.502 e. The molecule has 0 aliphatic rings. The van der Waals surface area contributed by atoms with Gasteiger partial charge in [-0.1, -0.05) is 64.4 Å². The maximum absolute atomic E-state index is 10.0. The highest BCUT2D eigenvalue weighted by atomic mass is 16.7. The molecule has 0 radical (unpaired) electrons. The predicted molar refractivity (Wildman–Crippen MR) is 99.1 cm³/mol. The second kappa shape index (κ2) is 10.9. The van der Waals surface area contributed by atoms with Crippen molar-refractivity contribution in [3.05, 3.63) is 36.5 Å². The lowest BCUT2D eigenvalue weighted by molar-refractivity contribution is -0.871. The van der Waals surface area contributed by atoms with E-state index in [1.807, 2.05) is 30.5 Å². The topological polar surface area (TPSA) is 33.3 Å². The lowest BCUT2D eigenvalue weighted by Crippen LogP contribution is -2.43. The van der Waals surface area contributed by atoms with E-state index < -0.39 is 0 Å². The zero-order chi connectivity index (χ0) is 17.0. The Kier molecular flexibility index (Phi) is 8.43. The molecule has 132 valence electrons. The van der Waals surface area contributed by atoms with Gasteiger partial charge in [0.05, 0.1) is 5.39 Å². The molecule has 1 aromatic carbocycles. The second-order valence-electron chi connectivity index (χ2n) is 6.56. The molecule has 0 aliphatic heterocycles. The molecule has 0 spiro atoms. The van der Waals surface area contributed by atoms with Gasteiger partial charge < -0.3 is 5.11 Å². The molecule has 0 saturated carbocycles. The number of benzene rings is 1. The van der Waals surface area contributed by atoms with Gasteiger partial charge in [0.25, 0.3) is 0 Å². The van der Waals surface area contributed by atoms with Crippen LogP contribution in [0.1, 0.15) is 71.1 Å². The number of unbranched alkanes of at least 4 members (excludes halogenated alkanes) is 9. The summed E-state index contributed by atoms with van der Waals surface area (Å²) >= 11 is 0. The molecule has 0 atom stereocenters. The third-order valence-electron chi connectivity index (χ3n) is 4.49. The van der Waals surface area contributed by atoms with Crippen molar-refractivity contribution in [2.24, 2.45) is 0 Å². The van der Waals surface area contributed by atoms with Gasteiger partial charge in [0.15, 0.2) is 12.4 Å². The molecule has 24 heavy (non-hydrogen) atoms. The van der Waals surface area contributed by atoms with Crippen LogP contribution >= 0.6 is 0 Å². The van der Waals surface area contributed by atoms with Crippen molar-refractivity contribution in [1.82, 2.24) is 0 Å². The molecule has 1 heterocycles. The van der Waals surface area contributed by atoms with Crippen LogP contribution in [0.5, 0.6) is 5.75 Å². The Labute approximate surface area is 146 Å². The highest BCUT2D eigenvalue weighted by molar-refractivity contribution is 5.80. The van der Waals surface area contributed by atoms with Gasteiger partial charge in [-0.15, -0.1) is 0 Å². The van der Waals surface area contributed by atoms with Crippen molar-refractivity contribution in [2.75, 3.05) is 6.61 Å². The van der Waals surface area contributed by atoms with E-state index in [1.165, 1.54) is 57.8 Å². The first-order valence-electron chi connectivity index (χ1n) is 9.58. The fraction of sp³-hybridized carbons (Fsp3) is 0.571. The summed E-state index contributed by atoms with van der Waals surface area (Å²) in [6, 6.07) is 9.46. The number of phenolic OH excluding ortho intramolecular Hbond substituents is 1. The number of hydrogen-bond donors (Lipinski definition) is 1. The Morgan fingerprint density at radius 3 is 2.17 bits per heavy atom. The van der Waals surface area contributed by atoms with Crippen molar-refractivity contribution in [1.29, 1.82) is 0 Å². The standard InChI is InChI=1S/C21H31NO2/c1-2-3-4-5-6-7-8-9-10-11-18-24-22-17-13-15-19-14-12-16-20(23)21(19)22/h12-17H,2-11,18H2,1H3/p+1. The molecular formula is C21H32NO2+. The highest BCUT2D eigenvalue weighted by Crippen LogP contribution is 2.19. The fourth-order valence-electron chi connectivity index (χ4n) is 3.08. The summed E-state index contributed by atoms with van der Waals surface area (Å²) in [6.45, 7) is 2.95. The number of para-hydroxylation sites is 1. The fourth-order valence-corrected chi connectivity index (χ4v) is 3.08. The molecule has 3 heteroatoms. The van der Waals surface area contributed by atoms with Crippen molar-refractivity contribution < 1.29 is 14.7 Å². The van der Waals surface area contributed by atoms with E-state index in [2.05, 4.69) is 6.92 Å². The summed E-state index contributed by atoms with van der Waals surface area (Å²) in [5.41, 5.74) is 0.743.